The second-order valence-electron chi connectivity index (χ2n) is 9.43. The van der Waals surface area contributed by atoms with E-state index in [-0.39, 0.29) is 13.0 Å². The molecule has 0 aliphatic carbocycles. The van der Waals surface area contributed by atoms with Crippen LogP contribution in [0.2, 0.25) is 0 Å². The smallest absolute Gasteiger partial charge is 0.251 e. The van der Waals surface area contributed by atoms with Crippen LogP contribution in [0.25, 0.3) is 0 Å². The maximum absolute atomic E-state index is 13.6. The molecule has 38 heavy (non-hydrogen) atoms. The summed E-state index contributed by atoms with van der Waals surface area (Å²) < 4.78 is 0. The van der Waals surface area contributed by atoms with Crippen molar-refractivity contribution in [2.24, 2.45) is 5.73 Å². The second kappa shape index (κ2) is 14.1. The maximum Gasteiger partial charge on any atom is 0.251 e. The van der Waals surface area contributed by atoms with Crippen LogP contribution in [-0.2, 0) is 27.3 Å². The fourth-order valence-corrected chi connectivity index (χ4v) is 4.11. The van der Waals surface area contributed by atoms with Crippen molar-refractivity contribution >= 4 is 17.7 Å². The highest BCUT2D eigenvalue weighted by atomic mass is 16.3. The highest BCUT2D eigenvalue weighted by Gasteiger charge is 2.34. The van der Waals surface area contributed by atoms with Gasteiger partial charge in [0.2, 0.25) is 11.8 Å². The average molecular weight is 517 g/mol. The van der Waals surface area contributed by atoms with Crippen molar-refractivity contribution in [3.05, 3.63) is 108 Å². The lowest BCUT2D eigenvalue weighted by molar-refractivity contribution is -0.134. The molecule has 0 aliphatic heterocycles. The van der Waals surface area contributed by atoms with Crippen LogP contribution in [0, 0.1) is 0 Å². The van der Waals surface area contributed by atoms with Crippen molar-refractivity contribution in [1.29, 1.82) is 0 Å². The van der Waals surface area contributed by atoms with Gasteiger partial charge in [0.05, 0.1) is 12.1 Å². The van der Waals surface area contributed by atoms with Crippen molar-refractivity contribution in [1.82, 2.24) is 16.0 Å². The Hall–Kier alpha value is -4.01. The van der Waals surface area contributed by atoms with E-state index >= 15 is 0 Å². The van der Waals surface area contributed by atoms with Crippen LogP contribution in [0.4, 0.5) is 0 Å². The Morgan fingerprint density at radius 2 is 1.26 bits per heavy atom. The summed E-state index contributed by atoms with van der Waals surface area (Å²) in [4.78, 5) is 39.0. The van der Waals surface area contributed by atoms with Crippen molar-refractivity contribution in [3.8, 4) is 0 Å². The van der Waals surface area contributed by atoms with E-state index < -0.39 is 47.9 Å². The van der Waals surface area contributed by atoms with Crippen molar-refractivity contribution in [2.75, 3.05) is 0 Å². The fraction of sp³-hybridized carbons (Fsp3) is 0.300. The fourth-order valence-electron chi connectivity index (χ4n) is 4.11. The van der Waals surface area contributed by atoms with E-state index in [1.54, 1.807) is 0 Å². The van der Waals surface area contributed by atoms with E-state index in [9.17, 15) is 19.5 Å². The number of benzene rings is 3. The Morgan fingerprint density at radius 1 is 0.737 bits per heavy atom. The Morgan fingerprint density at radius 3 is 1.82 bits per heavy atom. The zero-order chi connectivity index (χ0) is 27.5. The lowest BCUT2D eigenvalue weighted by Crippen LogP contribution is -2.58. The summed E-state index contributed by atoms with van der Waals surface area (Å²) in [6.07, 6.45) is -1.32. The molecule has 0 fully saturated rings. The molecule has 3 amide bonds. The number of aliphatic hydroxyl groups excluding tert-OH is 1. The van der Waals surface area contributed by atoms with Gasteiger partial charge in [-0.15, -0.1) is 0 Å². The maximum atomic E-state index is 13.6. The molecular weight excluding hydrogens is 480 g/mol. The number of nitrogens with two attached hydrogens (primary N) is 1. The third-order valence-corrected chi connectivity index (χ3v) is 6.40. The van der Waals surface area contributed by atoms with E-state index in [2.05, 4.69) is 16.0 Å². The van der Waals surface area contributed by atoms with Crippen LogP contribution in [0.15, 0.2) is 91.0 Å². The third kappa shape index (κ3) is 8.26. The van der Waals surface area contributed by atoms with Crippen molar-refractivity contribution < 1.29 is 19.5 Å². The molecule has 0 saturated heterocycles. The molecule has 0 radical (unpaired) electrons. The van der Waals surface area contributed by atoms with Crippen LogP contribution in [-0.4, -0.2) is 47.1 Å². The number of hydrogen-bond acceptors (Lipinski definition) is 5. The molecule has 2 unspecified atom stereocenters. The molecule has 0 heterocycles. The lowest BCUT2D eigenvalue weighted by atomic mass is 9.91. The quantitative estimate of drug-likeness (QED) is 0.251. The van der Waals surface area contributed by atoms with Crippen molar-refractivity contribution in [2.45, 2.75) is 57.0 Å². The van der Waals surface area contributed by atoms with Gasteiger partial charge in [-0.2, -0.15) is 0 Å². The molecule has 6 N–H and O–H groups in total. The van der Waals surface area contributed by atoms with Gasteiger partial charge < -0.3 is 26.8 Å². The van der Waals surface area contributed by atoms with Crippen LogP contribution in [0.3, 0.4) is 0 Å². The van der Waals surface area contributed by atoms with Gasteiger partial charge in [-0.05, 0) is 30.0 Å². The predicted octanol–water partition coefficient (Wildman–Crippen LogP) is 2.03. The largest absolute Gasteiger partial charge is 0.381 e. The molecule has 0 aliphatic rings. The Balaban J connectivity index is 1.82. The lowest BCUT2D eigenvalue weighted by Gasteiger charge is -2.30. The molecule has 200 valence electrons. The summed E-state index contributed by atoms with van der Waals surface area (Å²) in [6, 6.07) is 25.2. The van der Waals surface area contributed by atoms with E-state index in [1.807, 2.05) is 97.9 Å². The first-order valence-corrected chi connectivity index (χ1v) is 12.7. The SMILES string of the molecule is CC(c1ccccc1)[C@H](NC(=O)[C@H](C)N)C(=O)N[C@@H](Cc1ccccc1)C(O)C(=O)NCc1ccccc1. The van der Waals surface area contributed by atoms with Gasteiger partial charge in [0.25, 0.3) is 5.91 Å². The number of carbonyl (C=O) groups excluding carboxylic acids is 3. The second-order valence-corrected chi connectivity index (χ2v) is 9.43. The summed E-state index contributed by atoms with van der Waals surface area (Å²) in [5.74, 6) is -2.01. The predicted molar refractivity (Wildman–Crippen MR) is 147 cm³/mol. The zero-order valence-corrected chi connectivity index (χ0v) is 21.7. The van der Waals surface area contributed by atoms with E-state index in [0.29, 0.717) is 0 Å². The van der Waals surface area contributed by atoms with Gasteiger partial charge in [-0.1, -0.05) is 97.9 Å². The molecule has 3 rings (SSSR count). The number of hydrogen-bond donors (Lipinski definition) is 5. The average Bonchev–Trinajstić information content (AvgIpc) is 2.94. The number of aliphatic hydroxyl groups is 1. The molecule has 8 nitrogen and oxygen atoms in total. The van der Waals surface area contributed by atoms with E-state index in [1.165, 1.54) is 6.92 Å². The molecule has 8 heteroatoms. The van der Waals surface area contributed by atoms with Crippen LogP contribution >= 0.6 is 0 Å². The first kappa shape index (κ1) is 28.6. The summed E-state index contributed by atoms with van der Waals surface area (Å²) in [5.41, 5.74) is 8.32. The molecular formula is C30H36N4O4. The third-order valence-electron chi connectivity index (χ3n) is 6.40. The number of carbonyl (C=O) groups is 3. The Kier molecular flexibility index (Phi) is 10.6. The molecule has 0 saturated carbocycles. The molecule has 0 aromatic heterocycles. The summed E-state index contributed by atoms with van der Waals surface area (Å²) in [5, 5.41) is 19.4. The summed E-state index contributed by atoms with van der Waals surface area (Å²) in [7, 11) is 0. The topological polar surface area (TPSA) is 134 Å². The van der Waals surface area contributed by atoms with Gasteiger partial charge in [0.1, 0.15) is 6.04 Å². The van der Waals surface area contributed by atoms with Gasteiger partial charge >= 0.3 is 0 Å². The number of amides is 3. The first-order valence-electron chi connectivity index (χ1n) is 12.7. The van der Waals surface area contributed by atoms with E-state index in [4.69, 9.17) is 5.73 Å². The Bertz CT molecular complexity index is 1170. The number of nitrogens with one attached hydrogen (secondary N) is 3. The minimum atomic E-state index is -1.53. The summed E-state index contributed by atoms with van der Waals surface area (Å²) >= 11 is 0. The minimum Gasteiger partial charge on any atom is -0.381 e. The minimum absolute atomic E-state index is 0.209. The van der Waals surface area contributed by atoms with Gasteiger partial charge in [-0.3, -0.25) is 14.4 Å². The standard InChI is InChI=1S/C30H36N4O4/c1-20(24-16-10-5-11-17-24)26(34-28(36)21(2)31)29(37)33-25(18-22-12-6-3-7-13-22)27(35)30(38)32-19-23-14-8-4-9-15-23/h3-17,20-21,25-27,35H,18-19,31H2,1-2H3,(H,32,38)(H,33,37)(H,34,36)/t20?,21-,25-,26-,27?/m0/s1. The first-order chi connectivity index (χ1) is 18.3. The molecule has 5 atom stereocenters. The monoisotopic (exact) mass is 516 g/mol. The van der Waals surface area contributed by atoms with Crippen molar-refractivity contribution in [3.63, 3.8) is 0 Å². The van der Waals surface area contributed by atoms with Gasteiger partial charge in [0.15, 0.2) is 6.10 Å². The van der Waals surface area contributed by atoms with Crippen LogP contribution < -0.4 is 21.7 Å². The van der Waals surface area contributed by atoms with Crippen LogP contribution in [0.1, 0.15) is 36.5 Å². The van der Waals surface area contributed by atoms with Crippen LogP contribution in [0.5, 0.6) is 0 Å². The van der Waals surface area contributed by atoms with E-state index in [0.717, 1.165) is 16.7 Å². The van der Waals surface area contributed by atoms with Gasteiger partial charge in [0, 0.05) is 12.5 Å². The molecule has 0 spiro atoms. The summed E-state index contributed by atoms with van der Waals surface area (Å²) in [6.45, 7) is 3.60. The highest BCUT2D eigenvalue weighted by Crippen LogP contribution is 2.20. The zero-order valence-electron chi connectivity index (χ0n) is 21.7. The molecule has 3 aromatic rings. The molecule has 3 aromatic carbocycles. The highest BCUT2D eigenvalue weighted by molar-refractivity contribution is 5.91. The number of rotatable bonds is 12. The molecule has 0 bridgehead atoms. The normalized spacial score (nSPS) is 14.8. The Labute approximate surface area is 223 Å². The van der Waals surface area contributed by atoms with Gasteiger partial charge in [-0.25, -0.2) is 0 Å².